The summed E-state index contributed by atoms with van der Waals surface area (Å²) >= 11 is 6.25. The van der Waals surface area contributed by atoms with Gasteiger partial charge in [0.05, 0.1) is 25.7 Å². The summed E-state index contributed by atoms with van der Waals surface area (Å²) in [6.07, 6.45) is 5.99. The molecule has 1 heterocycles. The lowest BCUT2D eigenvalue weighted by Gasteiger charge is -2.38. The third-order valence-corrected chi connectivity index (χ3v) is 8.43. The van der Waals surface area contributed by atoms with Crippen LogP contribution in [0.2, 0.25) is 5.02 Å². The monoisotopic (exact) mass is 621 g/mol. The van der Waals surface area contributed by atoms with E-state index in [1.165, 1.54) is 44.8 Å². The number of carbonyl (C=O) groups is 2. The highest BCUT2D eigenvalue weighted by Gasteiger charge is 2.36. The molecule has 1 atom stereocenters. The van der Waals surface area contributed by atoms with Crippen molar-refractivity contribution in [2.45, 2.75) is 64.5 Å². The Bertz CT molecular complexity index is 1410. The fourth-order valence-corrected chi connectivity index (χ4v) is 6.19. The van der Waals surface area contributed by atoms with E-state index in [1.54, 1.807) is 7.11 Å². The highest BCUT2D eigenvalue weighted by atomic mass is 35.5. The molecule has 44 heavy (non-hydrogen) atoms. The van der Waals surface area contributed by atoms with Crippen molar-refractivity contribution >= 4 is 35.0 Å². The Morgan fingerprint density at radius 1 is 1.05 bits per heavy atom. The maximum atomic E-state index is 13.8. The second-order valence-electron chi connectivity index (χ2n) is 11.7. The average molecular weight is 622 g/mol. The van der Waals surface area contributed by atoms with E-state index in [0.29, 0.717) is 22.9 Å². The van der Waals surface area contributed by atoms with E-state index >= 15 is 0 Å². The van der Waals surface area contributed by atoms with Crippen molar-refractivity contribution in [3.8, 4) is 11.5 Å². The van der Waals surface area contributed by atoms with Crippen LogP contribution >= 0.6 is 11.6 Å². The van der Waals surface area contributed by atoms with Gasteiger partial charge >= 0.3 is 6.09 Å². The Morgan fingerprint density at radius 2 is 1.68 bits per heavy atom. The topological polar surface area (TPSA) is 91.3 Å². The molecule has 2 amide bonds. The van der Waals surface area contributed by atoms with Crippen molar-refractivity contribution in [1.82, 2.24) is 5.32 Å². The van der Waals surface area contributed by atoms with E-state index in [4.69, 9.17) is 26.2 Å². The molecule has 0 unspecified atom stereocenters. The summed E-state index contributed by atoms with van der Waals surface area (Å²) in [6, 6.07) is 19.9. The van der Waals surface area contributed by atoms with Gasteiger partial charge < -0.3 is 29.7 Å². The number of carbonyl (C=O) groups excluding carboxylic acids is 1. The summed E-state index contributed by atoms with van der Waals surface area (Å²) in [5.74, 6) is 2.13. The number of amides is 2. The smallest absolute Gasteiger partial charge is 0.404 e. The summed E-state index contributed by atoms with van der Waals surface area (Å²) in [5, 5.41) is 10.2. The van der Waals surface area contributed by atoms with E-state index < -0.39 is 6.09 Å². The molecule has 3 aromatic rings. The maximum absolute atomic E-state index is 13.8. The molecule has 9 heteroatoms. The van der Waals surface area contributed by atoms with Gasteiger partial charge in [0.1, 0.15) is 0 Å². The van der Waals surface area contributed by atoms with Gasteiger partial charge in [-0.2, -0.15) is 0 Å². The minimum atomic E-state index is -0.995. The van der Waals surface area contributed by atoms with Crippen LogP contribution in [0.3, 0.4) is 0 Å². The van der Waals surface area contributed by atoms with Crippen LogP contribution in [0.25, 0.3) is 0 Å². The van der Waals surface area contributed by atoms with Crippen LogP contribution in [-0.2, 0) is 11.2 Å². The molecule has 0 aromatic heterocycles. The predicted molar refractivity (Wildman–Crippen MR) is 177 cm³/mol. The number of fused-ring (bicyclic) bond motifs is 1. The summed E-state index contributed by atoms with van der Waals surface area (Å²) < 4.78 is 11.8. The second-order valence-corrected chi connectivity index (χ2v) is 12.2. The van der Waals surface area contributed by atoms with Crippen molar-refractivity contribution in [3.63, 3.8) is 0 Å². The second kappa shape index (κ2) is 15.2. The number of ether oxygens (including phenoxy) is 2. The van der Waals surface area contributed by atoms with Crippen LogP contribution in [0.1, 0.15) is 68.7 Å². The minimum absolute atomic E-state index is 0.00889. The minimum Gasteiger partial charge on any atom is -0.493 e. The van der Waals surface area contributed by atoms with Crippen LogP contribution in [0.4, 0.5) is 16.2 Å². The van der Waals surface area contributed by atoms with Crippen molar-refractivity contribution in [2.24, 2.45) is 5.92 Å². The number of hydrogen-bond donors (Lipinski definition) is 2. The lowest BCUT2D eigenvalue weighted by atomic mass is 9.86. The standard InChI is InChI=1S/C33H39ClN2O3.C2H5NO2/c1-22(2)39-31-20-29-25(18-30(31)38-4)19-32(37)36(33(29)24-10-12-26(34)13-11-24)28-16-14-27(15-17-28)35(3)21-23-8-6-5-7-9-23;1-3-2(4)5/h10-18,20,22-23,33H,5-9,19,21H2,1-4H3;3H,1H3,(H,4,5)/t33-;/m0./s1. The summed E-state index contributed by atoms with van der Waals surface area (Å²) in [7, 11) is 5.16. The fraction of sp³-hybridized carbons (Fsp3) is 0.429. The summed E-state index contributed by atoms with van der Waals surface area (Å²) in [5.41, 5.74) is 5.03. The van der Waals surface area contributed by atoms with E-state index in [0.717, 1.165) is 34.8 Å². The highest BCUT2D eigenvalue weighted by molar-refractivity contribution is 6.30. The predicted octanol–water partition coefficient (Wildman–Crippen LogP) is 7.71. The van der Waals surface area contributed by atoms with Crippen molar-refractivity contribution in [2.75, 3.05) is 37.5 Å². The SMILES string of the molecule is CNC(=O)O.COc1cc2c(cc1OC(C)C)[C@H](c1ccc(Cl)cc1)N(c1ccc(N(C)CC3CCCCC3)cc1)C(=O)C2. The number of carboxylic acid groups (broad SMARTS) is 1. The van der Waals surface area contributed by atoms with Gasteiger partial charge in [-0.15, -0.1) is 0 Å². The molecule has 5 rings (SSSR count). The first-order valence-corrected chi connectivity index (χ1v) is 15.7. The lowest BCUT2D eigenvalue weighted by molar-refractivity contribution is -0.118. The van der Waals surface area contributed by atoms with Gasteiger partial charge in [-0.1, -0.05) is 43.0 Å². The Kier molecular flexibility index (Phi) is 11.4. The normalized spacial score (nSPS) is 16.5. The Hall–Kier alpha value is -3.91. The third-order valence-electron chi connectivity index (χ3n) is 8.18. The number of anilines is 2. The molecular weight excluding hydrogens is 578 g/mol. The molecule has 8 nitrogen and oxygen atoms in total. The maximum Gasteiger partial charge on any atom is 0.404 e. The summed E-state index contributed by atoms with van der Waals surface area (Å²) in [4.78, 5) is 27.3. The molecule has 0 saturated heterocycles. The number of halogens is 1. The number of hydrogen-bond acceptors (Lipinski definition) is 5. The van der Waals surface area contributed by atoms with Gasteiger partial charge in [0.2, 0.25) is 5.91 Å². The number of nitrogens with one attached hydrogen (secondary N) is 1. The quantitative estimate of drug-likeness (QED) is 0.268. The first kappa shape index (κ1) is 33.0. The number of rotatable bonds is 8. The first-order valence-electron chi connectivity index (χ1n) is 15.3. The van der Waals surface area contributed by atoms with Gasteiger partial charge in [-0.3, -0.25) is 4.79 Å². The van der Waals surface area contributed by atoms with Gasteiger partial charge in [-0.05, 0) is 97.8 Å². The van der Waals surface area contributed by atoms with Crippen LogP contribution < -0.4 is 24.6 Å². The molecule has 236 valence electrons. The molecule has 0 radical (unpaired) electrons. The molecule has 1 saturated carbocycles. The zero-order valence-electron chi connectivity index (χ0n) is 26.3. The summed E-state index contributed by atoms with van der Waals surface area (Å²) in [6.45, 7) is 5.07. The molecule has 1 aliphatic heterocycles. The average Bonchev–Trinajstić information content (AvgIpc) is 3.01. The largest absolute Gasteiger partial charge is 0.493 e. The number of methoxy groups -OCH3 is 1. The fourth-order valence-electron chi connectivity index (χ4n) is 6.06. The Labute approximate surface area is 265 Å². The van der Waals surface area contributed by atoms with Crippen molar-refractivity contribution in [3.05, 3.63) is 82.4 Å². The molecule has 3 aromatic carbocycles. The van der Waals surface area contributed by atoms with E-state index in [-0.39, 0.29) is 18.1 Å². The van der Waals surface area contributed by atoms with Gasteiger partial charge in [0, 0.05) is 37.0 Å². The number of benzene rings is 3. The van der Waals surface area contributed by atoms with Crippen molar-refractivity contribution in [1.29, 1.82) is 0 Å². The highest BCUT2D eigenvalue weighted by Crippen LogP contribution is 2.44. The van der Waals surface area contributed by atoms with Crippen LogP contribution in [0.15, 0.2) is 60.7 Å². The molecule has 1 fully saturated rings. The Morgan fingerprint density at radius 3 is 2.25 bits per heavy atom. The molecule has 2 N–H and O–H groups in total. The van der Waals surface area contributed by atoms with E-state index in [2.05, 4.69) is 36.2 Å². The van der Waals surface area contributed by atoms with Crippen LogP contribution in [-0.4, -0.2) is 51.0 Å². The van der Waals surface area contributed by atoms with Crippen molar-refractivity contribution < 1.29 is 24.2 Å². The van der Waals surface area contributed by atoms with E-state index in [1.807, 2.05) is 60.5 Å². The number of nitrogens with zero attached hydrogens (tertiary/aromatic N) is 2. The lowest BCUT2D eigenvalue weighted by Crippen LogP contribution is -2.41. The zero-order valence-corrected chi connectivity index (χ0v) is 27.1. The van der Waals surface area contributed by atoms with E-state index in [9.17, 15) is 9.59 Å². The van der Waals surface area contributed by atoms with Crippen LogP contribution in [0.5, 0.6) is 11.5 Å². The molecule has 1 aliphatic carbocycles. The third kappa shape index (κ3) is 8.17. The van der Waals surface area contributed by atoms with Gasteiger partial charge in [0.15, 0.2) is 11.5 Å². The Balaban J connectivity index is 0.000000818. The molecule has 2 aliphatic rings. The van der Waals surface area contributed by atoms with Gasteiger partial charge in [-0.25, -0.2) is 4.79 Å². The first-order chi connectivity index (χ1) is 21.1. The van der Waals surface area contributed by atoms with Crippen LogP contribution in [0, 0.1) is 5.92 Å². The van der Waals surface area contributed by atoms with Gasteiger partial charge in [0.25, 0.3) is 0 Å². The molecular formula is C35H44ClN3O5. The molecule has 0 spiro atoms. The molecule has 0 bridgehead atoms. The zero-order chi connectivity index (χ0) is 31.8.